The van der Waals surface area contributed by atoms with Gasteiger partial charge < -0.3 is 24.6 Å². The number of hydrogen-bond acceptors (Lipinski definition) is 6. The molecule has 0 spiro atoms. The molecule has 1 fully saturated rings. The summed E-state index contributed by atoms with van der Waals surface area (Å²) in [7, 11) is 6.96. The van der Waals surface area contributed by atoms with E-state index in [-0.39, 0.29) is 23.2 Å². The molecule has 8 nitrogen and oxygen atoms in total. The summed E-state index contributed by atoms with van der Waals surface area (Å²) in [4.78, 5) is 24.4. The van der Waals surface area contributed by atoms with Gasteiger partial charge in [-0.3, -0.25) is 0 Å². The van der Waals surface area contributed by atoms with Crippen LogP contribution in [0.3, 0.4) is 0 Å². The molecule has 2 amide bonds. The number of amides is 2. The molecule has 0 saturated heterocycles. The van der Waals surface area contributed by atoms with E-state index >= 15 is 0 Å². The van der Waals surface area contributed by atoms with Crippen molar-refractivity contribution in [1.82, 2.24) is 19.8 Å². The number of nitrogens with one attached hydrogen (secondary N) is 1. The summed E-state index contributed by atoms with van der Waals surface area (Å²) in [6, 6.07) is 8.25. The fraction of sp³-hybridized carbons (Fsp3) is 0.400. The van der Waals surface area contributed by atoms with E-state index in [2.05, 4.69) is 15.3 Å². The minimum Gasteiger partial charge on any atom is -0.493 e. The molecular weight excluding hydrogens is 473 g/mol. The Kier molecular flexibility index (Phi) is 7.45. The van der Waals surface area contributed by atoms with Gasteiger partial charge >= 0.3 is 6.03 Å². The van der Waals surface area contributed by atoms with Crippen molar-refractivity contribution in [2.75, 3.05) is 33.6 Å². The fourth-order valence-electron chi connectivity index (χ4n) is 4.33. The van der Waals surface area contributed by atoms with Crippen molar-refractivity contribution in [1.29, 1.82) is 0 Å². The SMILES string of the molecule is COc1cc2ncnc(Nc3ccc(F)c(Cl)c3)c2cc1OC1CCC(N(C)C(=O)N(C)C)CC1. The molecule has 0 aliphatic heterocycles. The maximum atomic E-state index is 13.6. The maximum Gasteiger partial charge on any atom is 0.319 e. The highest BCUT2D eigenvalue weighted by atomic mass is 35.5. The number of halogens is 2. The highest BCUT2D eigenvalue weighted by Crippen LogP contribution is 2.37. The van der Waals surface area contributed by atoms with Crippen molar-refractivity contribution in [3.05, 3.63) is 47.5 Å². The van der Waals surface area contributed by atoms with Crippen LogP contribution in [-0.4, -0.2) is 66.2 Å². The molecule has 0 radical (unpaired) electrons. The van der Waals surface area contributed by atoms with Crippen LogP contribution in [0.5, 0.6) is 11.5 Å². The smallest absolute Gasteiger partial charge is 0.319 e. The Balaban J connectivity index is 1.53. The number of carbonyl (C=O) groups is 1. The summed E-state index contributed by atoms with van der Waals surface area (Å²) in [5.41, 5.74) is 1.27. The predicted molar refractivity (Wildman–Crippen MR) is 134 cm³/mol. The standard InChI is InChI=1S/C25H29ClFN5O3/c1-31(2)25(33)32(3)16-6-8-17(9-7-16)35-23-12-18-21(13-22(23)34-4)28-14-29-24(18)30-15-5-10-20(27)19(26)11-15/h5,10-14,16-17H,6-9H2,1-4H3,(H,28,29,30). The number of methoxy groups -OCH3 is 1. The number of fused-ring (bicyclic) bond motifs is 1. The lowest BCUT2D eigenvalue weighted by atomic mass is 9.92. The van der Waals surface area contributed by atoms with Gasteiger partial charge in [-0.1, -0.05) is 11.6 Å². The van der Waals surface area contributed by atoms with Crippen molar-refractivity contribution < 1.29 is 18.7 Å². The molecule has 10 heteroatoms. The molecule has 1 N–H and O–H groups in total. The molecule has 35 heavy (non-hydrogen) atoms. The van der Waals surface area contributed by atoms with E-state index in [0.29, 0.717) is 28.5 Å². The Morgan fingerprint density at radius 2 is 1.83 bits per heavy atom. The summed E-state index contributed by atoms with van der Waals surface area (Å²) < 4.78 is 25.5. The minimum absolute atomic E-state index is 0.00240. The van der Waals surface area contributed by atoms with Crippen LogP contribution >= 0.6 is 11.6 Å². The van der Waals surface area contributed by atoms with Gasteiger partial charge in [0.1, 0.15) is 18.0 Å². The van der Waals surface area contributed by atoms with Crippen LogP contribution in [0.25, 0.3) is 10.9 Å². The first-order chi connectivity index (χ1) is 16.8. The Morgan fingerprint density at radius 3 is 2.49 bits per heavy atom. The second kappa shape index (κ2) is 10.5. The van der Waals surface area contributed by atoms with E-state index in [0.717, 1.165) is 31.1 Å². The van der Waals surface area contributed by atoms with E-state index in [4.69, 9.17) is 21.1 Å². The van der Waals surface area contributed by atoms with E-state index in [9.17, 15) is 9.18 Å². The lowest BCUT2D eigenvalue weighted by molar-refractivity contribution is 0.0991. The molecule has 3 aromatic rings. The van der Waals surface area contributed by atoms with Gasteiger partial charge in [0.25, 0.3) is 0 Å². The summed E-state index contributed by atoms with van der Waals surface area (Å²) in [5.74, 6) is 1.22. The second-order valence-corrected chi connectivity index (χ2v) is 9.24. The van der Waals surface area contributed by atoms with Gasteiger partial charge in [-0.15, -0.1) is 0 Å². The van der Waals surface area contributed by atoms with E-state index < -0.39 is 5.82 Å². The van der Waals surface area contributed by atoms with Gasteiger partial charge in [-0.2, -0.15) is 0 Å². The van der Waals surface area contributed by atoms with Crippen LogP contribution in [0, 0.1) is 5.82 Å². The molecule has 1 saturated carbocycles. The number of carbonyl (C=O) groups excluding carboxylic acids is 1. The van der Waals surface area contributed by atoms with Crippen LogP contribution in [-0.2, 0) is 0 Å². The van der Waals surface area contributed by atoms with Crippen molar-refractivity contribution in [2.24, 2.45) is 0 Å². The number of hydrogen-bond donors (Lipinski definition) is 1. The second-order valence-electron chi connectivity index (χ2n) is 8.83. The van der Waals surface area contributed by atoms with Crippen molar-refractivity contribution in [2.45, 2.75) is 37.8 Å². The summed E-state index contributed by atoms with van der Waals surface area (Å²) in [6.45, 7) is 0. The highest BCUT2D eigenvalue weighted by molar-refractivity contribution is 6.31. The Bertz CT molecular complexity index is 1220. The number of ether oxygens (including phenoxy) is 2. The van der Waals surface area contributed by atoms with E-state index in [1.807, 2.05) is 24.1 Å². The lowest BCUT2D eigenvalue weighted by Crippen LogP contribution is -2.45. The molecule has 0 bridgehead atoms. The molecule has 1 aromatic heterocycles. The lowest BCUT2D eigenvalue weighted by Gasteiger charge is -2.36. The first-order valence-corrected chi connectivity index (χ1v) is 11.8. The molecule has 1 aliphatic rings. The molecule has 4 rings (SSSR count). The van der Waals surface area contributed by atoms with Gasteiger partial charge in [0, 0.05) is 44.3 Å². The van der Waals surface area contributed by atoms with Crippen molar-refractivity contribution in [3.63, 3.8) is 0 Å². The molecule has 1 heterocycles. The van der Waals surface area contributed by atoms with E-state index in [1.54, 1.807) is 32.2 Å². The third-order valence-electron chi connectivity index (χ3n) is 6.27. The largest absolute Gasteiger partial charge is 0.493 e. The molecule has 0 atom stereocenters. The van der Waals surface area contributed by atoms with E-state index in [1.165, 1.54) is 18.5 Å². The van der Waals surface area contributed by atoms with Crippen LogP contribution in [0.4, 0.5) is 20.7 Å². The quantitative estimate of drug-likeness (QED) is 0.482. The average molecular weight is 502 g/mol. The van der Waals surface area contributed by atoms with Gasteiger partial charge in [-0.25, -0.2) is 19.2 Å². The minimum atomic E-state index is -0.489. The number of rotatable bonds is 6. The van der Waals surface area contributed by atoms with Crippen LogP contribution in [0.1, 0.15) is 25.7 Å². The zero-order valence-electron chi connectivity index (χ0n) is 20.2. The Hall–Kier alpha value is -3.33. The van der Waals surface area contributed by atoms with Crippen molar-refractivity contribution in [3.8, 4) is 11.5 Å². The number of nitrogens with zero attached hydrogens (tertiary/aromatic N) is 4. The summed E-state index contributed by atoms with van der Waals surface area (Å²) >= 11 is 5.93. The summed E-state index contributed by atoms with van der Waals surface area (Å²) in [6.07, 6.45) is 4.80. The molecular formula is C25H29ClFN5O3. The zero-order chi connectivity index (χ0) is 25.1. The van der Waals surface area contributed by atoms with Crippen molar-refractivity contribution >= 4 is 40.0 Å². The van der Waals surface area contributed by atoms with Gasteiger partial charge in [0.15, 0.2) is 11.5 Å². The monoisotopic (exact) mass is 501 g/mol. The molecule has 2 aromatic carbocycles. The molecule has 1 aliphatic carbocycles. The first kappa shape index (κ1) is 24.8. The number of aromatic nitrogens is 2. The average Bonchev–Trinajstić information content (AvgIpc) is 2.85. The third kappa shape index (κ3) is 5.51. The number of benzene rings is 2. The van der Waals surface area contributed by atoms with Gasteiger partial charge in [0.05, 0.1) is 23.8 Å². The van der Waals surface area contributed by atoms with Gasteiger partial charge in [0.2, 0.25) is 0 Å². The fourth-order valence-corrected chi connectivity index (χ4v) is 4.51. The predicted octanol–water partition coefficient (Wildman–Crippen LogP) is 5.48. The number of urea groups is 1. The highest BCUT2D eigenvalue weighted by Gasteiger charge is 2.29. The maximum absolute atomic E-state index is 13.6. The van der Waals surface area contributed by atoms with Crippen LogP contribution in [0.2, 0.25) is 5.02 Å². The number of anilines is 2. The zero-order valence-corrected chi connectivity index (χ0v) is 21.0. The Morgan fingerprint density at radius 1 is 1.09 bits per heavy atom. The third-order valence-corrected chi connectivity index (χ3v) is 6.56. The topological polar surface area (TPSA) is 79.8 Å². The normalized spacial score (nSPS) is 17.7. The van der Waals surface area contributed by atoms with Crippen LogP contribution in [0.15, 0.2) is 36.7 Å². The van der Waals surface area contributed by atoms with Crippen LogP contribution < -0.4 is 14.8 Å². The molecule has 0 unspecified atom stereocenters. The van der Waals surface area contributed by atoms with Gasteiger partial charge in [-0.05, 0) is 49.9 Å². The summed E-state index contributed by atoms with van der Waals surface area (Å²) in [5, 5.41) is 3.93. The Labute approximate surface area is 209 Å². The first-order valence-electron chi connectivity index (χ1n) is 11.4. The molecule has 186 valence electrons.